The molecule has 0 spiro atoms. The second-order valence-corrected chi connectivity index (χ2v) is 7.29. The minimum Gasteiger partial charge on any atom is -0.493 e. The van der Waals surface area contributed by atoms with Gasteiger partial charge in [-0.25, -0.2) is 0 Å². The first-order valence-electron chi connectivity index (χ1n) is 9.31. The molecule has 26 heavy (non-hydrogen) atoms. The average Bonchev–Trinajstić information content (AvgIpc) is 3.09. The molecule has 3 nitrogen and oxygen atoms in total. The van der Waals surface area contributed by atoms with Gasteiger partial charge in [0.1, 0.15) is 0 Å². The molecule has 0 bridgehead atoms. The van der Waals surface area contributed by atoms with Crippen LogP contribution in [0.1, 0.15) is 42.7 Å². The number of methoxy groups -OCH3 is 2. The van der Waals surface area contributed by atoms with E-state index in [1.807, 2.05) is 6.07 Å². The highest BCUT2D eigenvalue weighted by Gasteiger charge is 2.50. The zero-order valence-electron chi connectivity index (χ0n) is 15.5. The summed E-state index contributed by atoms with van der Waals surface area (Å²) in [5, 5.41) is 3.93. The Morgan fingerprint density at radius 1 is 0.962 bits per heavy atom. The number of hydrogen-bond acceptors (Lipinski definition) is 3. The SMILES string of the molecule is COc1ccc(C2CNC3(c4ccccc4)CCCCC23)cc1OC.Cl. The summed E-state index contributed by atoms with van der Waals surface area (Å²) in [5.41, 5.74) is 2.93. The minimum absolute atomic E-state index is 0. The lowest BCUT2D eigenvalue weighted by Gasteiger charge is -2.41. The third-order valence-electron chi connectivity index (χ3n) is 6.22. The maximum absolute atomic E-state index is 5.54. The van der Waals surface area contributed by atoms with E-state index in [4.69, 9.17) is 9.47 Å². The van der Waals surface area contributed by atoms with Gasteiger partial charge in [0.25, 0.3) is 0 Å². The van der Waals surface area contributed by atoms with Crippen molar-refractivity contribution in [2.45, 2.75) is 37.1 Å². The summed E-state index contributed by atoms with van der Waals surface area (Å²) in [6.07, 6.45) is 5.13. The van der Waals surface area contributed by atoms with Crippen molar-refractivity contribution in [2.75, 3.05) is 20.8 Å². The summed E-state index contributed by atoms with van der Waals surface area (Å²) in [6, 6.07) is 17.5. The normalized spacial score (nSPS) is 27.3. The summed E-state index contributed by atoms with van der Waals surface area (Å²) in [4.78, 5) is 0. The molecule has 4 rings (SSSR count). The summed E-state index contributed by atoms with van der Waals surface area (Å²) in [7, 11) is 3.40. The molecule has 2 fully saturated rings. The van der Waals surface area contributed by atoms with E-state index in [9.17, 15) is 0 Å². The van der Waals surface area contributed by atoms with Crippen molar-refractivity contribution in [2.24, 2.45) is 5.92 Å². The Balaban J connectivity index is 0.00000196. The van der Waals surface area contributed by atoms with Gasteiger partial charge in [0, 0.05) is 18.0 Å². The molecule has 2 aromatic rings. The molecule has 140 valence electrons. The molecule has 3 unspecified atom stereocenters. The van der Waals surface area contributed by atoms with Gasteiger partial charge in [-0.05, 0) is 42.0 Å². The van der Waals surface area contributed by atoms with E-state index in [0.29, 0.717) is 11.8 Å². The third kappa shape index (κ3) is 3.08. The lowest BCUT2D eigenvalue weighted by molar-refractivity contribution is 0.187. The van der Waals surface area contributed by atoms with E-state index < -0.39 is 0 Å². The van der Waals surface area contributed by atoms with Crippen LogP contribution in [-0.4, -0.2) is 20.8 Å². The van der Waals surface area contributed by atoms with Gasteiger partial charge in [-0.2, -0.15) is 0 Å². The van der Waals surface area contributed by atoms with Crippen LogP contribution in [0.2, 0.25) is 0 Å². The largest absolute Gasteiger partial charge is 0.493 e. The van der Waals surface area contributed by atoms with Gasteiger partial charge in [-0.3, -0.25) is 0 Å². The number of nitrogens with one attached hydrogen (secondary N) is 1. The van der Waals surface area contributed by atoms with Gasteiger partial charge in [0.2, 0.25) is 0 Å². The van der Waals surface area contributed by atoms with Gasteiger partial charge >= 0.3 is 0 Å². The molecule has 0 amide bonds. The van der Waals surface area contributed by atoms with Crippen LogP contribution in [0.5, 0.6) is 11.5 Å². The number of fused-ring (bicyclic) bond motifs is 1. The number of rotatable bonds is 4. The lowest BCUT2D eigenvalue weighted by Crippen LogP contribution is -2.44. The Morgan fingerprint density at radius 2 is 1.73 bits per heavy atom. The molecule has 1 aliphatic carbocycles. The summed E-state index contributed by atoms with van der Waals surface area (Å²) in [5.74, 6) is 2.77. The first kappa shape index (κ1) is 19.1. The highest BCUT2D eigenvalue weighted by molar-refractivity contribution is 5.85. The van der Waals surface area contributed by atoms with E-state index >= 15 is 0 Å². The van der Waals surface area contributed by atoms with Crippen LogP contribution in [0.3, 0.4) is 0 Å². The molecule has 1 N–H and O–H groups in total. The Morgan fingerprint density at radius 3 is 2.46 bits per heavy atom. The molecule has 3 atom stereocenters. The van der Waals surface area contributed by atoms with Crippen LogP contribution in [0.15, 0.2) is 48.5 Å². The maximum atomic E-state index is 5.54. The molecule has 0 radical (unpaired) electrons. The van der Waals surface area contributed by atoms with E-state index in [1.54, 1.807) is 14.2 Å². The Labute approximate surface area is 162 Å². The third-order valence-corrected chi connectivity index (χ3v) is 6.22. The Kier molecular flexibility index (Phi) is 5.79. The van der Waals surface area contributed by atoms with Crippen LogP contribution < -0.4 is 14.8 Å². The molecule has 4 heteroatoms. The fourth-order valence-electron chi connectivity index (χ4n) is 5.03. The van der Waals surface area contributed by atoms with Crippen molar-refractivity contribution in [3.63, 3.8) is 0 Å². The average molecular weight is 374 g/mol. The van der Waals surface area contributed by atoms with Crippen LogP contribution in [0.25, 0.3) is 0 Å². The van der Waals surface area contributed by atoms with Crippen LogP contribution in [0, 0.1) is 5.92 Å². The molecule has 1 saturated heterocycles. The highest BCUT2D eigenvalue weighted by atomic mass is 35.5. The van der Waals surface area contributed by atoms with Crippen molar-refractivity contribution >= 4 is 12.4 Å². The monoisotopic (exact) mass is 373 g/mol. The summed E-state index contributed by atoms with van der Waals surface area (Å²) in [6.45, 7) is 1.02. The van der Waals surface area contributed by atoms with E-state index in [2.05, 4.69) is 47.8 Å². The minimum atomic E-state index is 0. The second kappa shape index (κ2) is 7.89. The molecular formula is C22H28ClNO2. The van der Waals surface area contributed by atoms with Gasteiger partial charge in [0.15, 0.2) is 11.5 Å². The van der Waals surface area contributed by atoms with Crippen molar-refractivity contribution in [3.8, 4) is 11.5 Å². The quantitative estimate of drug-likeness (QED) is 0.826. The van der Waals surface area contributed by atoms with Crippen molar-refractivity contribution < 1.29 is 9.47 Å². The lowest BCUT2D eigenvalue weighted by atomic mass is 9.66. The Bertz CT molecular complexity index is 736. The smallest absolute Gasteiger partial charge is 0.160 e. The predicted octanol–water partition coefficient (Wildman–Crippen LogP) is 4.90. The molecule has 1 saturated carbocycles. The highest BCUT2D eigenvalue weighted by Crippen LogP contribution is 2.52. The van der Waals surface area contributed by atoms with Crippen LogP contribution in [0.4, 0.5) is 0 Å². The predicted molar refractivity (Wildman–Crippen MR) is 108 cm³/mol. The van der Waals surface area contributed by atoms with Crippen molar-refractivity contribution in [1.82, 2.24) is 5.32 Å². The standard InChI is InChI=1S/C22H27NO2.ClH/c1-24-20-12-11-16(14-21(20)25-2)18-15-23-22(13-7-6-10-19(18)22)17-8-4-3-5-9-17;/h3-5,8-9,11-12,14,18-19,23H,6-7,10,13,15H2,1-2H3;1H. The van der Waals surface area contributed by atoms with Crippen molar-refractivity contribution in [3.05, 3.63) is 59.7 Å². The van der Waals surface area contributed by atoms with E-state index in [0.717, 1.165) is 18.0 Å². The number of benzene rings is 2. The van der Waals surface area contributed by atoms with Gasteiger partial charge < -0.3 is 14.8 Å². The summed E-state index contributed by atoms with van der Waals surface area (Å²) >= 11 is 0. The fraction of sp³-hybridized carbons (Fsp3) is 0.455. The van der Waals surface area contributed by atoms with Gasteiger partial charge in [-0.1, -0.05) is 49.2 Å². The molecular weight excluding hydrogens is 346 g/mol. The molecule has 1 heterocycles. The number of hydrogen-bond donors (Lipinski definition) is 1. The fourth-order valence-corrected chi connectivity index (χ4v) is 5.03. The molecule has 2 aromatic carbocycles. The first-order valence-corrected chi connectivity index (χ1v) is 9.31. The molecule has 2 aliphatic rings. The first-order chi connectivity index (χ1) is 12.3. The topological polar surface area (TPSA) is 30.5 Å². The maximum Gasteiger partial charge on any atom is 0.160 e. The molecule has 0 aromatic heterocycles. The van der Waals surface area contributed by atoms with Crippen LogP contribution in [-0.2, 0) is 5.54 Å². The second-order valence-electron chi connectivity index (χ2n) is 7.29. The van der Waals surface area contributed by atoms with Gasteiger partial charge in [0.05, 0.1) is 14.2 Å². The van der Waals surface area contributed by atoms with Crippen LogP contribution >= 0.6 is 12.4 Å². The summed E-state index contributed by atoms with van der Waals surface area (Å²) < 4.78 is 10.9. The molecule has 1 aliphatic heterocycles. The van der Waals surface area contributed by atoms with Crippen molar-refractivity contribution in [1.29, 1.82) is 0 Å². The number of ether oxygens (including phenoxy) is 2. The number of halogens is 1. The van der Waals surface area contributed by atoms with E-state index in [1.165, 1.54) is 36.8 Å². The Hall–Kier alpha value is -1.71. The van der Waals surface area contributed by atoms with Gasteiger partial charge in [-0.15, -0.1) is 12.4 Å². The van der Waals surface area contributed by atoms with E-state index in [-0.39, 0.29) is 17.9 Å². The zero-order valence-corrected chi connectivity index (χ0v) is 16.4. The zero-order chi connectivity index (χ0) is 17.3.